The fourth-order valence-corrected chi connectivity index (χ4v) is 9.07. The van der Waals surface area contributed by atoms with E-state index in [2.05, 4.69) is 0 Å². The number of anilines is 1. The van der Waals surface area contributed by atoms with Crippen LogP contribution in [0.2, 0.25) is 0 Å². The highest BCUT2D eigenvalue weighted by molar-refractivity contribution is 7.96. The SMILES string of the molecule is O=S1(=O)C[C@H](N2CCN(c3ccccc3F)CC2)[C@@H](S(=O)(=O)c2ccccc2)C1. The van der Waals surface area contributed by atoms with Crippen LogP contribution in [-0.2, 0) is 19.7 Å². The van der Waals surface area contributed by atoms with E-state index in [1.54, 1.807) is 36.4 Å². The lowest BCUT2D eigenvalue weighted by Crippen LogP contribution is -2.55. The number of rotatable bonds is 4. The van der Waals surface area contributed by atoms with Gasteiger partial charge < -0.3 is 4.90 Å². The molecular weight excluding hydrogens is 415 g/mol. The summed E-state index contributed by atoms with van der Waals surface area (Å²) < 4.78 is 65.1. The molecule has 2 aliphatic heterocycles. The molecule has 2 heterocycles. The molecule has 0 radical (unpaired) electrons. The van der Waals surface area contributed by atoms with E-state index in [0.29, 0.717) is 31.9 Å². The van der Waals surface area contributed by atoms with Crippen molar-refractivity contribution in [3.8, 4) is 0 Å². The summed E-state index contributed by atoms with van der Waals surface area (Å²) in [5.74, 6) is -0.819. The first-order valence-corrected chi connectivity index (χ1v) is 12.9. The lowest BCUT2D eigenvalue weighted by molar-refractivity contribution is 0.201. The summed E-state index contributed by atoms with van der Waals surface area (Å²) in [5, 5.41) is -0.991. The Bertz CT molecular complexity index is 1080. The van der Waals surface area contributed by atoms with Crippen LogP contribution in [0.15, 0.2) is 59.5 Å². The Balaban J connectivity index is 1.55. The first kappa shape index (κ1) is 20.3. The number of benzene rings is 2. The Morgan fingerprint density at radius 3 is 2.14 bits per heavy atom. The zero-order chi connectivity index (χ0) is 20.6. The maximum atomic E-state index is 14.1. The van der Waals surface area contributed by atoms with E-state index in [0.717, 1.165) is 0 Å². The van der Waals surface area contributed by atoms with Crippen molar-refractivity contribution >= 4 is 25.4 Å². The molecule has 0 unspecified atom stereocenters. The van der Waals surface area contributed by atoms with E-state index in [1.807, 2.05) is 9.80 Å². The lowest BCUT2D eigenvalue weighted by Gasteiger charge is -2.40. The standard InChI is InChI=1S/C20H23FN2O4S2/c21-17-8-4-5-9-18(17)22-10-12-23(13-11-22)19-14-28(24,25)15-20(19)29(26,27)16-6-2-1-3-7-16/h1-9,19-20H,10-15H2/t19-,20-/m0/s1. The maximum Gasteiger partial charge on any atom is 0.183 e. The minimum atomic E-state index is -3.78. The van der Waals surface area contributed by atoms with Gasteiger partial charge in [0.05, 0.1) is 27.3 Å². The zero-order valence-electron chi connectivity index (χ0n) is 15.8. The first-order valence-electron chi connectivity index (χ1n) is 9.51. The smallest absolute Gasteiger partial charge is 0.183 e. The fourth-order valence-electron chi connectivity index (χ4n) is 4.22. The van der Waals surface area contributed by atoms with Gasteiger partial charge in [0.15, 0.2) is 19.7 Å². The number of para-hydroxylation sites is 1. The van der Waals surface area contributed by atoms with Crippen LogP contribution >= 0.6 is 0 Å². The Morgan fingerprint density at radius 1 is 0.862 bits per heavy atom. The highest BCUT2D eigenvalue weighted by Gasteiger charge is 2.48. The van der Waals surface area contributed by atoms with Crippen molar-refractivity contribution in [3.63, 3.8) is 0 Å². The van der Waals surface area contributed by atoms with Crippen LogP contribution in [0, 0.1) is 5.82 Å². The quantitative estimate of drug-likeness (QED) is 0.722. The molecule has 0 spiro atoms. The zero-order valence-corrected chi connectivity index (χ0v) is 17.4. The molecule has 2 atom stereocenters. The Morgan fingerprint density at radius 2 is 1.48 bits per heavy atom. The molecule has 6 nitrogen and oxygen atoms in total. The minimum Gasteiger partial charge on any atom is -0.367 e. The Labute approximate surface area is 170 Å². The van der Waals surface area contributed by atoms with Crippen molar-refractivity contribution in [1.82, 2.24) is 4.90 Å². The summed E-state index contributed by atoms with van der Waals surface area (Å²) in [6, 6.07) is 14.0. The molecule has 0 bridgehead atoms. The van der Waals surface area contributed by atoms with E-state index >= 15 is 0 Å². The van der Waals surface area contributed by atoms with Gasteiger partial charge in [-0.05, 0) is 24.3 Å². The average molecular weight is 439 g/mol. The molecule has 2 saturated heterocycles. The Kier molecular flexibility index (Phi) is 5.39. The van der Waals surface area contributed by atoms with Gasteiger partial charge in [0.1, 0.15) is 5.82 Å². The highest BCUT2D eigenvalue weighted by Crippen LogP contribution is 2.30. The summed E-state index contributed by atoms with van der Waals surface area (Å²) in [4.78, 5) is 4.00. The van der Waals surface area contributed by atoms with Gasteiger partial charge in [0, 0.05) is 32.2 Å². The summed E-state index contributed by atoms with van der Waals surface area (Å²) >= 11 is 0. The molecule has 0 amide bonds. The van der Waals surface area contributed by atoms with E-state index in [-0.39, 0.29) is 22.2 Å². The van der Waals surface area contributed by atoms with Crippen LogP contribution in [0.1, 0.15) is 0 Å². The average Bonchev–Trinajstić information content (AvgIpc) is 3.05. The predicted octanol–water partition coefficient (Wildman–Crippen LogP) is 1.59. The lowest BCUT2D eigenvalue weighted by atomic mass is 10.1. The van der Waals surface area contributed by atoms with Gasteiger partial charge in [0.25, 0.3) is 0 Å². The monoisotopic (exact) mass is 438 g/mol. The van der Waals surface area contributed by atoms with Crippen LogP contribution in [0.3, 0.4) is 0 Å². The Hall–Kier alpha value is -1.97. The number of nitrogens with zero attached hydrogens (tertiary/aromatic N) is 2. The van der Waals surface area contributed by atoms with Crippen molar-refractivity contribution in [2.45, 2.75) is 16.2 Å². The molecule has 2 fully saturated rings. The molecule has 0 saturated carbocycles. The van der Waals surface area contributed by atoms with E-state index in [1.165, 1.54) is 18.2 Å². The van der Waals surface area contributed by atoms with Crippen molar-refractivity contribution in [3.05, 3.63) is 60.4 Å². The number of sulfone groups is 2. The van der Waals surface area contributed by atoms with Gasteiger partial charge in [0.2, 0.25) is 0 Å². The van der Waals surface area contributed by atoms with Gasteiger partial charge in [-0.2, -0.15) is 0 Å². The third-order valence-electron chi connectivity index (χ3n) is 5.72. The molecule has 2 aromatic rings. The third-order valence-corrected chi connectivity index (χ3v) is 9.85. The first-order chi connectivity index (χ1) is 13.8. The molecule has 0 aromatic heterocycles. The van der Waals surface area contributed by atoms with E-state index in [9.17, 15) is 21.2 Å². The molecular formula is C20H23FN2O4S2. The maximum absolute atomic E-state index is 14.1. The molecule has 4 rings (SSSR count). The second kappa shape index (κ2) is 7.70. The molecule has 29 heavy (non-hydrogen) atoms. The van der Waals surface area contributed by atoms with Crippen LogP contribution in [0.25, 0.3) is 0 Å². The van der Waals surface area contributed by atoms with Gasteiger partial charge >= 0.3 is 0 Å². The van der Waals surface area contributed by atoms with Gasteiger partial charge in [-0.25, -0.2) is 21.2 Å². The predicted molar refractivity (Wildman–Crippen MR) is 110 cm³/mol. The number of hydrogen-bond donors (Lipinski definition) is 0. The summed E-state index contributed by atoms with van der Waals surface area (Å²) in [6.45, 7) is 1.98. The van der Waals surface area contributed by atoms with Crippen LogP contribution in [-0.4, -0.2) is 70.7 Å². The minimum absolute atomic E-state index is 0.150. The van der Waals surface area contributed by atoms with Gasteiger partial charge in [-0.3, -0.25) is 4.90 Å². The second-order valence-electron chi connectivity index (χ2n) is 7.52. The van der Waals surface area contributed by atoms with Crippen molar-refractivity contribution < 1.29 is 21.2 Å². The molecule has 2 aliphatic rings. The van der Waals surface area contributed by atoms with Gasteiger partial charge in [-0.1, -0.05) is 30.3 Å². The van der Waals surface area contributed by atoms with Crippen LogP contribution in [0.5, 0.6) is 0 Å². The summed E-state index contributed by atoms with van der Waals surface area (Å²) in [7, 11) is -7.23. The summed E-state index contributed by atoms with van der Waals surface area (Å²) in [5.41, 5.74) is 0.514. The van der Waals surface area contributed by atoms with Crippen molar-refractivity contribution in [1.29, 1.82) is 0 Å². The third kappa shape index (κ3) is 4.04. The second-order valence-corrected chi connectivity index (χ2v) is 11.8. The summed E-state index contributed by atoms with van der Waals surface area (Å²) in [6.07, 6.45) is 0. The van der Waals surface area contributed by atoms with Crippen molar-refractivity contribution in [2.75, 3.05) is 42.6 Å². The van der Waals surface area contributed by atoms with Crippen LogP contribution in [0.4, 0.5) is 10.1 Å². The van der Waals surface area contributed by atoms with E-state index in [4.69, 9.17) is 0 Å². The number of hydrogen-bond acceptors (Lipinski definition) is 6. The molecule has 2 aromatic carbocycles. The van der Waals surface area contributed by atoms with Gasteiger partial charge in [-0.15, -0.1) is 0 Å². The van der Waals surface area contributed by atoms with Crippen LogP contribution < -0.4 is 4.90 Å². The normalized spacial score (nSPS) is 25.2. The van der Waals surface area contributed by atoms with E-state index < -0.39 is 31.0 Å². The molecule has 9 heteroatoms. The fraction of sp³-hybridized carbons (Fsp3) is 0.400. The van der Waals surface area contributed by atoms with Crippen molar-refractivity contribution in [2.24, 2.45) is 0 Å². The number of piperazine rings is 1. The number of halogens is 1. The largest absolute Gasteiger partial charge is 0.367 e. The topological polar surface area (TPSA) is 74.8 Å². The molecule has 0 aliphatic carbocycles. The molecule has 156 valence electrons. The highest BCUT2D eigenvalue weighted by atomic mass is 32.2. The molecule has 0 N–H and O–H groups in total.